The summed E-state index contributed by atoms with van der Waals surface area (Å²) in [5.41, 5.74) is 2.12. The topological polar surface area (TPSA) is 233 Å². The molecular formula is C48H51Cl4F6N7O9. The van der Waals surface area contributed by atoms with Gasteiger partial charge in [0, 0.05) is 69.6 Å². The van der Waals surface area contributed by atoms with E-state index in [1.54, 1.807) is 18.3 Å². The molecule has 2 aliphatic rings. The summed E-state index contributed by atoms with van der Waals surface area (Å²) in [6, 6.07) is 13.1. The summed E-state index contributed by atoms with van der Waals surface area (Å²) in [7, 11) is 0. The van der Waals surface area contributed by atoms with Crippen LogP contribution in [0.1, 0.15) is 76.5 Å². The predicted molar refractivity (Wildman–Crippen MR) is 272 cm³/mol. The third-order valence-electron chi connectivity index (χ3n) is 10.3. The number of halogens is 10. The first-order valence-corrected chi connectivity index (χ1v) is 22.5. The zero-order chi connectivity index (χ0) is 54.9. The lowest BCUT2D eigenvalue weighted by molar-refractivity contribution is -0.384. The molecule has 3 amide bonds. The minimum Gasteiger partial charge on any atom is -0.410 e. The van der Waals surface area contributed by atoms with Crippen LogP contribution in [0.3, 0.4) is 0 Å². The number of non-ortho nitro benzene ring substituents is 1. The Bertz CT molecular complexity index is 2820. The summed E-state index contributed by atoms with van der Waals surface area (Å²) in [5.74, 6) is 0.0242. The fourth-order valence-electron chi connectivity index (χ4n) is 6.59. The molecule has 3 aromatic carbocycles. The van der Waals surface area contributed by atoms with Crippen LogP contribution in [0.5, 0.6) is 5.75 Å². The van der Waals surface area contributed by atoms with Gasteiger partial charge in [0.25, 0.3) is 5.69 Å². The highest BCUT2D eigenvalue weighted by Gasteiger charge is 2.34. The number of hydrogen-bond acceptors (Lipinski definition) is 12. The summed E-state index contributed by atoms with van der Waals surface area (Å²) in [4.78, 5) is 44.0. The Hall–Kier alpha value is -6.08. The molecule has 0 aliphatic carbocycles. The van der Waals surface area contributed by atoms with Gasteiger partial charge >= 0.3 is 24.5 Å². The highest BCUT2D eigenvalue weighted by Crippen LogP contribution is 2.38. The SMILES string of the molecule is C.C.O=C(Nc1ccc(C(F)(F)F)c(Cl)c1)N1CC=C(c2ncc([C@H](O)CO)cc2Cl)CC1.O=C(Nc1ccc(C(F)(F)F)c(Cl)c1)Oc1ccc([N+](=O)[O-])cc1.OC[C@@H](O)c1cnc(C2=CCNCC2)c(Cl)c1.[2H][2H]. The average Bonchev–Trinajstić information content (AvgIpc) is 3.36. The second-order valence-corrected chi connectivity index (χ2v) is 16.9. The fourth-order valence-corrected chi connectivity index (χ4v) is 7.76. The van der Waals surface area contributed by atoms with E-state index in [0.717, 1.165) is 84.9 Å². The van der Waals surface area contributed by atoms with E-state index in [2.05, 4.69) is 32.0 Å². The van der Waals surface area contributed by atoms with Crippen molar-refractivity contribution in [3.05, 3.63) is 161 Å². The largest absolute Gasteiger partial charge is 0.417 e. The van der Waals surface area contributed by atoms with E-state index in [-0.39, 0.29) is 50.8 Å². The van der Waals surface area contributed by atoms with Gasteiger partial charge < -0.3 is 40.7 Å². The number of urea groups is 1. The zero-order valence-corrected chi connectivity index (χ0v) is 40.0. The van der Waals surface area contributed by atoms with Crippen molar-refractivity contribution < 1.29 is 69.0 Å². The van der Waals surface area contributed by atoms with Gasteiger partial charge in [-0.25, -0.2) is 9.59 Å². The van der Waals surface area contributed by atoms with Gasteiger partial charge in [0.05, 0.1) is 60.7 Å². The molecule has 2 aromatic heterocycles. The van der Waals surface area contributed by atoms with E-state index < -0.39 is 69.4 Å². The number of aliphatic hydroxyl groups is 4. The van der Waals surface area contributed by atoms with Crippen LogP contribution in [0.4, 0.5) is 53.0 Å². The maximum atomic E-state index is 12.8. The quantitative estimate of drug-likeness (QED) is 0.0393. The number of nitrogens with one attached hydrogen (secondary N) is 3. The van der Waals surface area contributed by atoms with E-state index in [4.69, 9.17) is 64.3 Å². The second-order valence-electron chi connectivity index (χ2n) is 15.3. The number of alkyl halides is 6. The van der Waals surface area contributed by atoms with Crippen molar-refractivity contribution in [2.75, 3.05) is 50.0 Å². The van der Waals surface area contributed by atoms with Crippen molar-refractivity contribution in [3.8, 4) is 5.75 Å². The van der Waals surface area contributed by atoms with Gasteiger partial charge in [-0.05, 0) is 91.2 Å². The Morgan fingerprint density at radius 1 is 0.757 bits per heavy atom. The van der Waals surface area contributed by atoms with Gasteiger partial charge in [-0.2, -0.15) is 26.3 Å². The minimum absolute atomic E-state index is 0. The molecule has 26 heteroatoms. The van der Waals surface area contributed by atoms with Crippen molar-refractivity contribution in [1.29, 1.82) is 0 Å². The predicted octanol–water partition coefficient (Wildman–Crippen LogP) is 12.3. The van der Waals surface area contributed by atoms with Gasteiger partial charge in [-0.1, -0.05) is 73.4 Å². The Morgan fingerprint density at radius 3 is 1.64 bits per heavy atom. The number of rotatable bonds is 10. The number of ether oxygens (including phenoxy) is 1. The van der Waals surface area contributed by atoms with Gasteiger partial charge in [0.1, 0.15) is 18.0 Å². The summed E-state index contributed by atoms with van der Waals surface area (Å²) >= 11 is 23.6. The molecule has 4 heterocycles. The van der Waals surface area contributed by atoms with Gasteiger partial charge in [0.2, 0.25) is 0 Å². The third-order valence-corrected chi connectivity index (χ3v) is 11.5. The molecule has 74 heavy (non-hydrogen) atoms. The van der Waals surface area contributed by atoms with E-state index in [0.29, 0.717) is 39.8 Å². The number of nitrogens with zero attached hydrogens (tertiary/aromatic N) is 4. The first-order chi connectivity index (χ1) is 35.0. The number of hydrogen-bond donors (Lipinski definition) is 7. The van der Waals surface area contributed by atoms with E-state index >= 15 is 0 Å². The van der Waals surface area contributed by atoms with E-state index in [9.17, 15) is 56.3 Å². The molecule has 0 saturated carbocycles. The number of amides is 3. The lowest BCUT2D eigenvalue weighted by Crippen LogP contribution is -2.38. The maximum Gasteiger partial charge on any atom is 0.417 e. The number of aliphatic hydroxyl groups excluding tert-OH is 4. The number of aromatic nitrogens is 2. The molecule has 2 atom stereocenters. The standard InChI is InChI=1S/C20H18Cl2F3N3O3.C14H8ClF3N2O4.C12H15ClN2O2.2CH4.H2/c21-15-8-13(1-2-14(15)20(23,24)25)27-19(31)28-5-3-11(4-6-28)18-16(22)7-12(9-26-18)17(30)10-29;15-12-7-8(1-6-11(12)14(16,17)18)19-13(21)24-10-4-2-9(3-5-10)20(22)23;13-10-5-9(11(17)7-16)6-15-12(10)8-1-3-14-4-2-8;;;/h1-3,7-9,17,29-30H,4-6,10H2,(H,27,31);1-7H,(H,19,21);1,5-6,11,14,16-17H,2-4,7H2;2*1H4;1H/t17-;;11-;;;/m1.1.../s1/i;;;;;1+1D. The number of pyridine rings is 2. The molecule has 0 bridgehead atoms. The molecule has 7 rings (SSSR count). The molecular weight excluding hydrogens is 1070 g/mol. The van der Waals surface area contributed by atoms with Gasteiger partial charge in [-0.15, -0.1) is 0 Å². The van der Waals surface area contributed by atoms with Crippen LogP contribution in [-0.4, -0.2) is 91.7 Å². The number of benzene rings is 3. The number of anilines is 2. The van der Waals surface area contributed by atoms with Crippen LogP contribution < -0.4 is 20.7 Å². The molecule has 0 spiro atoms. The molecule has 0 unspecified atom stereocenters. The summed E-state index contributed by atoms with van der Waals surface area (Å²) < 4.78 is 91.0. The van der Waals surface area contributed by atoms with Crippen LogP contribution in [0.15, 0.2) is 97.3 Å². The maximum absolute atomic E-state index is 12.8. The fraction of sp³-hybridized carbons (Fsp3) is 0.292. The molecule has 7 N–H and O–H groups in total. The first kappa shape index (κ1) is 60.5. The molecule has 402 valence electrons. The molecule has 0 radical (unpaired) electrons. The van der Waals surface area contributed by atoms with Gasteiger partial charge in [0.15, 0.2) is 0 Å². The molecule has 5 aromatic rings. The van der Waals surface area contributed by atoms with Crippen molar-refractivity contribution in [1.82, 2.24) is 20.2 Å². The molecule has 2 aliphatic heterocycles. The Balaban J connectivity index is 0.000000393. The normalized spacial score (nSPS) is 14.2. The first-order valence-electron chi connectivity index (χ1n) is 22.0. The lowest BCUT2D eigenvalue weighted by Gasteiger charge is -2.27. The van der Waals surface area contributed by atoms with E-state index in [1.165, 1.54) is 29.3 Å². The van der Waals surface area contributed by atoms with E-state index in [1.807, 2.05) is 0 Å². The zero-order valence-electron chi connectivity index (χ0n) is 38.9. The summed E-state index contributed by atoms with van der Waals surface area (Å²) in [6.45, 7) is 1.55. The Kier molecular flexibility index (Phi) is 22.9. The molecule has 16 nitrogen and oxygen atoms in total. The summed E-state index contributed by atoms with van der Waals surface area (Å²) in [5, 5.41) is 55.2. The highest BCUT2D eigenvalue weighted by atomic mass is 35.5. The van der Waals surface area contributed by atoms with Crippen molar-refractivity contribution in [2.45, 2.75) is 52.3 Å². The lowest BCUT2D eigenvalue weighted by atomic mass is 10.0. The van der Waals surface area contributed by atoms with Crippen LogP contribution in [0, 0.1) is 10.1 Å². The van der Waals surface area contributed by atoms with Crippen LogP contribution >= 0.6 is 46.4 Å². The number of nitro groups is 1. The highest BCUT2D eigenvalue weighted by molar-refractivity contribution is 6.33. The second kappa shape index (κ2) is 28.0. The van der Waals surface area contributed by atoms with Crippen molar-refractivity contribution >= 4 is 86.7 Å². The molecule has 0 saturated heterocycles. The van der Waals surface area contributed by atoms with Gasteiger partial charge in [-0.3, -0.25) is 25.4 Å². The summed E-state index contributed by atoms with van der Waals surface area (Å²) in [6.07, 6.45) is -3.97. The smallest absolute Gasteiger partial charge is 0.410 e. The monoisotopic (exact) mass is 1130 g/mol. The average molecular weight is 1130 g/mol. The van der Waals surface area contributed by atoms with Crippen LogP contribution in [0.25, 0.3) is 11.1 Å². The Labute approximate surface area is 443 Å². The van der Waals surface area contributed by atoms with Crippen LogP contribution in [-0.2, 0) is 12.4 Å². The number of carbonyl (C=O) groups is 2. The Morgan fingerprint density at radius 2 is 1.24 bits per heavy atom. The van der Waals surface area contributed by atoms with Crippen LogP contribution in [0.2, 0.25) is 20.1 Å². The molecule has 0 fully saturated rings. The van der Waals surface area contributed by atoms with Crippen molar-refractivity contribution in [2.24, 2.45) is 0 Å². The number of carbonyl (C=O) groups excluding carboxylic acids is 2. The van der Waals surface area contributed by atoms with Crippen molar-refractivity contribution in [3.63, 3.8) is 0 Å². The third kappa shape index (κ3) is 17.5. The number of nitro benzene ring substituents is 1. The minimum atomic E-state index is -4.60.